The molecule has 2 aromatic carbocycles. The van der Waals surface area contributed by atoms with E-state index in [4.69, 9.17) is 4.74 Å². The van der Waals surface area contributed by atoms with Gasteiger partial charge in [-0.1, -0.05) is 42.2 Å². The van der Waals surface area contributed by atoms with Crippen molar-refractivity contribution in [3.8, 4) is 17.6 Å². The molecule has 3 rings (SSSR count). The average molecular weight is 347 g/mol. The number of thiophene rings is 1. The summed E-state index contributed by atoms with van der Waals surface area (Å²) >= 11 is 1.61. The van der Waals surface area contributed by atoms with Gasteiger partial charge in [0.05, 0.1) is 18.4 Å². The first-order valence-corrected chi connectivity index (χ1v) is 8.70. The number of hydrogen-bond acceptors (Lipinski definition) is 3. The number of amides is 1. The molecule has 4 heteroatoms. The summed E-state index contributed by atoms with van der Waals surface area (Å²) in [6.07, 6.45) is 0.259. The number of hydrogen-bond donors (Lipinski definition) is 1. The van der Waals surface area contributed by atoms with E-state index in [1.165, 1.54) is 0 Å². The second-order valence-corrected chi connectivity index (χ2v) is 6.29. The van der Waals surface area contributed by atoms with Crippen LogP contribution in [0, 0.1) is 11.8 Å². The molecule has 0 aliphatic carbocycles. The maximum Gasteiger partial charge on any atom is 0.228 e. The summed E-state index contributed by atoms with van der Waals surface area (Å²) in [5, 5.41) is 4.91. The van der Waals surface area contributed by atoms with Gasteiger partial charge in [0, 0.05) is 16.8 Å². The highest BCUT2D eigenvalue weighted by atomic mass is 32.1. The third kappa shape index (κ3) is 4.72. The molecule has 0 radical (unpaired) electrons. The lowest BCUT2D eigenvalue weighted by atomic mass is 10.1. The number of ether oxygens (including phenoxy) is 1. The van der Waals surface area contributed by atoms with Crippen molar-refractivity contribution in [1.82, 2.24) is 0 Å². The smallest absolute Gasteiger partial charge is 0.228 e. The molecule has 1 amide bonds. The van der Waals surface area contributed by atoms with Gasteiger partial charge in [0.25, 0.3) is 0 Å². The molecule has 0 atom stereocenters. The van der Waals surface area contributed by atoms with Crippen LogP contribution in [0.1, 0.15) is 16.0 Å². The SMILES string of the molecule is COc1ccccc1CC(=O)Nc1cccc(C#Cc2cccs2)c1. The fourth-order valence-corrected chi connectivity index (χ4v) is 2.96. The van der Waals surface area contributed by atoms with Gasteiger partial charge < -0.3 is 10.1 Å². The highest BCUT2D eigenvalue weighted by Crippen LogP contribution is 2.18. The fraction of sp³-hybridized carbons (Fsp3) is 0.0952. The summed E-state index contributed by atoms with van der Waals surface area (Å²) in [5.74, 6) is 6.86. The molecule has 0 aliphatic heterocycles. The van der Waals surface area contributed by atoms with Crippen molar-refractivity contribution in [1.29, 1.82) is 0 Å². The predicted octanol–water partition coefficient (Wildman–Crippen LogP) is 4.34. The van der Waals surface area contributed by atoms with Crippen LogP contribution in [0.3, 0.4) is 0 Å². The molecule has 0 aliphatic rings. The van der Waals surface area contributed by atoms with E-state index >= 15 is 0 Å². The summed E-state index contributed by atoms with van der Waals surface area (Å²) < 4.78 is 5.29. The minimum absolute atomic E-state index is 0.0899. The fourth-order valence-electron chi connectivity index (χ4n) is 2.39. The molecule has 1 aromatic heterocycles. The van der Waals surface area contributed by atoms with E-state index in [9.17, 15) is 4.79 Å². The van der Waals surface area contributed by atoms with Crippen LogP contribution in [0.2, 0.25) is 0 Å². The van der Waals surface area contributed by atoms with Gasteiger partial charge in [-0.2, -0.15) is 0 Å². The number of carbonyl (C=O) groups excluding carboxylic acids is 1. The summed E-state index contributed by atoms with van der Waals surface area (Å²) in [4.78, 5) is 13.3. The first-order valence-electron chi connectivity index (χ1n) is 7.82. The molecule has 0 saturated carbocycles. The van der Waals surface area contributed by atoms with Crippen molar-refractivity contribution in [2.75, 3.05) is 12.4 Å². The number of nitrogens with one attached hydrogen (secondary N) is 1. The lowest BCUT2D eigenvalue weighted by Crippen LogP contribution is -2.14. The van der Waals surface area contributed by atoms with Gasteiger partial charge in [0.1, 0.15) is 5.75 Å². The second kappa shape index (κ2) is 8.18. The number of anilines is 1. The predicted molar refractivity (Wildman–Crippen MR) is 102 cm³/mol. The van der Waals surface area contributed by atoms with E-state index in [1.807, 2.05) is 66.0 Å². The van der Waals surface area contributed by atoms with Crippen LogP contribution in [0.15, 0.2) is 66.0 Å². The minimum atomic E-state index is -0.0899. The largest absolute Gasteiger partial charge is 0.496 e. The third-order valence-corrected chi connectivity index (χ3v) is 4.33. The topological polar surface area (TPSA) is 38.3 Å². The van der Waals surface area contributed by atoms with Crippen LogP contribution < -0.4 is 10.1 Å². The number of methoxy groups -OCH3 is 1. The van der Waals surface area contributed by atoms with Crippen molar-refractivity contribution in [3.63, 3.8) is 0 Å². The zero-order valence-corrected chi connectivity index (χ0v) is 14.6. The van der Waals surface area contributed by atoms with E-state index in [-0.39, 0.29) is 12.3 Å². The first-order chi connectivity index (χ1) is 12.2. The Morgan fingerprint density at radius 2 is 1.96 bits per heavy atom. The molecule has 1 heterocycles. The molecule has 124 valence electrons. The molecule has 0 fully saturated rings. The highest BCUT2D eigenvalue weighted by molar-refractivity contribution is 7.10. The lowest BCUT2D eigenvalue weighted by Gasteiger charge is -2.09. The van der Waals surface area contributed by atoms with Crippen LogP contribution >= 0.6 is 11.3 Å². The Hall–Kier alpha value is -3.03. The minimum Gasteiger partial charge on any atom is -0.496 e. The molecule has 3 aromatic rings. The maximum absolute atomic E-state index is 12.3. The van der Waals surface area contributed by atoms with Crippen LogP contribution in [-0.2, 0) is 11.2 Å². The molecule has 0 bridgehead atoms. The van der Waals surface area contributed by atoms with Gasteiger partial charge in [0.15, 0.2) is 0 Å². The van der Waals surface area contributed by atoms with Gasteiger partial charge >= 0.3 is 0 Å². The Kier molecular flexibility index (Phi) is 5.50. The number of carbonyl (C=O) groups is 1. The van der Waals surface area contributed by atoms with E-state index in [1.54, 1.807) is 18.4 Å². The third-order valence-electron chi connectivity index (χ3n) is 3.54. The van der Waals surface area contributed by atoms with Gasteiger partial charge in [-0.05, 0) is 35.7 Å². The Morgan fingerprint density at radius 3 is 2.76 bits per heavy atom. The second-order valence-electron chi connectivity index (χ2n) is 5.34. The van der Waals surface area contributed by atoms with Crippen molar-refractivity contribution in [3.05, 3.63) is 82.0 Å². The van der Waals surface area contributed by atoms with Crippen molar-refractivity contribution < 1.29 is 9.53 Å². The molecule has 0 unspecified atom stereocenters. The van der Waals surface area contributed by atoms with E-state index in [2.05, 4.69) is 17.2 Å². The van der Waals surface area contributed by atoms with Crippen LogP contribution in [-0.4, -0.2) is 13.0 Å². The lowest BCUT2D eigenvalue weighted by molar-refractivity contribution is -0.115. The molecule has 0 saturated heterocycles. The number of benzene rings is 2. The normalized spacial score (nSPS) is 9.80. The Morgan fingerprint density at radius 1 is 1.08 bits per heavy atom. The average Bonchev–Trinajstić information content (AvgIpc) is 3.14. The molecule has 1 N–H and O–H groups in total. The molecule has 0 spiro atoms. The summed E-state index contributed by atoms with van der Waals surface area (Å²) in [6.45, 7) is 0. The van der Waals surface area contributed by atoms with Crippen LogP contribution in [0.4, 0.5) is 5.69 Å². The Labute approximate surface area is 151 Å². The standard InChI is InChI=1S/C21H17NO2S/c1-24-20-10-3-2-7-17(20)15-21(23)22-18-8-4-6-16(14-18)11-12-19-9-5-13-25-19/h2-10,13-14H,15H2,1H3,(H,22,23). The van der Waals surface area contributed by atoms with E-state index in [0.29, 0.717) is 5.75 Å². The summed E-state index contributed by atoms with van der Waals surface area (Å²) in [5.41, 5.74) is 2.46. The first kappa shape index (κ1) is 16.8. The molecular weight excluding hydrogens is 330 g/mol. The van der Waals surface area contributed by atoms with E-state index in [0.717, 1.165) is 21.7 Å². The number of rotatable bonds is 4. The Bertz CT molecular complexity index is 920. The highest BCUT2D eigenvalue weighted by Gasteiger charge is 2.08. The zero-order valence-electron chi connectivity index (χ0n) is 13.8. The van der Waals surface area contributed by atoms with Gasteiger partial charge in [-0.15, -0.1) is 11.3 Å². The van der Waals surface area contributed by atoms with Gasteiger partial charge in [-0.3, -0.25) is 4.79 Å². The molecular formula is C21H17NO2S. The van der Waals surface area contributed by atoms with Crippen LogP contribution in [0.5, 0.6) is 5.75 Å². The molecule has 3 nitrogen and oxygen atoms in total. The zero-order chi connectivity index (χ0) is 17.5. The van der Waals surface area contributed by atoms with Crippen LogP contribution in [0.25, 0.3) is 0 Å². The van der Waals surface area contributed by atoms with Crippen molar-refractivity contribution in [2.24, 2.45) is 0 Å². The van der Waals surface area contributed by atoms with Gasteiger partial charge in [0.2, 0.25) is 5.91 Å². The Balaban J connectivity index is 1.68. The monoisotopic (exact) mass is 347 g/mol. The van der Waals surface area contributed by atoms with Crippen molar-refractivity contribution >= 4 is 22.9 Å². The van der Waals surface area contributed by atoms with E-state index < -0.39 is 0 Å². The quantitative estimate of drug-likeness (QED) is 0.713. The van der Waals surface area contributed by atoms with Gasteiger partial charge in [-0.25, -0.2) is 0 Å². The summed E-state index contributed by atoms with van der Waals surface area (Å²) in [6, 6.07) is 19.0. The maximum atomic E-state index is 12.3. The van der Waals surface area contributed by atoms with Crippen molar-refractivity contribution in [2.45, 2.75) is 6.42 Å². The molecule has 25 heavy (non-hydrogen) atoms. The summed E-state index contributed by atoms with van der Waals surface area (Å²) in [7, 11) is 1.60. The number of para-hydroxylation sites is 1.